The number of halogens is 1. The van der Waals surface area contributed by atoms with E-state index in [2.05, 4.69) is 55.5 Å². The minimum absolute atomic E-state index is 0. The van der Waals surface area contributed by atoms with E-state index in [1.807, 2.05) is 11.3 Å². The smallest absolute Gasteiger partial charge is 0.193 e. The average molecular weight is 423 g/mol. The molecular weight excluding hydrogens is 393 g/mol. The van der Waals surface area contributed by atoms with Gasteiger partial charge in [0.25, 0.3) is 0 Å². The molecule has 21 heavy (non-hydrogen) atoms. The SMILES string of the molecule is CCCCN(C)C(=NCC(C)Cc1cccs1)NCC.I. The fraction of sp³-hybridized carbons (Fsp3) is 0.688. The highest BCUT2D eigenvalue weighted by Gasteiger charge is 2.07. The molecule has 0 saturated heterocycles. The molecule has 122 valence electrons. The first-order valence-corrected chi connectivity index (χ1v) is 8.57. The molecule has 3 nitrogen and oxygen atoms in total. The fourth-order valence-electron chi connectivity index (χ4n) is 2.05. The van der Waals surface area contributed by atoms with Crippen LogP contribution in [0.1, 0.15) is 38.5 Å². The van der Waals surface area contributed by atoms with Gasteiger partial charge in [-0.15, -0.1) is 35.3 Å². The van der Waals surface area contributed by atoms with E-state index in [1.54, 1.807) is 0 Å². The van der Waals surface area contributed by atoms with E-state index in [0.717, 1.165) is 32.0 Å². The zero-order valence-electron chi connectivity index (χ0n) is 13.8. The van der Waals surface area contributed by atoms with Crippen molar-refractivity contribution in [3.8, 4) is 0 Å². The first kappa shape index (κ1) is 20.7. The molecule has 1 aromatic rings. The molecule has 1 unspecified atom stereocenters. The topological polar surface area (TPSA) is 27.6 Å². The van der Waals surface area contributed by atoms with Crippen molar-refractivity contribution in [3.63, 3.8) is 0 Å². The molecule has 5 heteroatoms. The number of nitrogens with zero attached hydrogens (tertiary/aromatic N) is 2. The van der Waals surface area contributed by atoms with Gasteiger partial charge in [0.15, 0.2) is 5.96 Å². The van der Waals surface area contributed by atoms with Crippen molar-refractivity contribution in [2.24, 2.45) is 10.9 Å². The van der Waals surface area contributed by atoms with Crippen LogP contribution in [0.5, 0.6) is 0 Å². The third-order valence-electron chi connectivity index (χ3n) is 3.23. The maximum Gasteiger partial charge on any atom is 0.193 e. The zero-order chi connectivity index (χ0) is 14.8. The summed E-state index contributed by atoms with van der Waals surface area (Å²) in [6.07, 6.45) is 3.56. The minimum atomic E-state index is 0. The summed E-state index contributed by atoms with van der Waals surface area (Å²) in [7, 11) is 2.13. The Balaban J connectivity index is 0.00000400. The van der Waals surface area contributed by atoms with Gasteiger partial charge < -0.3 is 10.2 Å². The summed E-state index contributed by atoms with van der Waals surface area (Å²) in [4.78, 5) is 8.48. The van der Waals surface area contributed by atoms with Crippen LogP contribution in [-0.2, 0) is 6.42 Å². The highest BCUT2D eigenvalue weighted by molar-refractivity contribution is 14.0. The van der Waals surface area contributed by atoms with Crippen LogP contribution >= 0.6 is 35.3 Å². The van der Waals surface area contributed by atoms with Gasteiger partial charge in [0.05, 0.1) is 0 Å². The van der Waals surface area contributed by atoms with Gasteiger partial charge in [-0.25, -0.2) is 0 Å². The molecule has 1 N–H and O–H groups in total. The molecule has 0 aliphatic heterocycles. The van der Waals surface area contributed by atoms with Crippen molar-refractivity contribution in [1.29, 1.82) is 0 Å². The van der Waals surface area contributed by atoms with E-state index in [0.29, 0.717) is 5.92 Å². The Kier molecular flexibility index (Phi) is 12.1. The number of hydrogen-bond donors (Lipinski definition) is 1. The molecular formula is C16H30IN3S. The Morgan fingerprint density at radius 3 is 2.76 bits per heavy atom. The summed E-state index contributed by atoms with van der Waals surface area (Å²) in [5.41, 5.74) is 0. The van der Waals surface area contributed by atoms with Crippen LogP contribution in [0.4, 0.5) is 0 Å². The van der Waals surface area contributed by atoms with E-state index in [1.165, 1.54) is 17.7 Å². The van der Waals surface area contributed by atoms with Crippen molar-refractivity contribution < 1.29 is 0 Å². The molecule has 0 spiro atoms. The largest absolute Gasteiger partial charge is 0.357 e. The second-order valence-corrected chi connectivity index (χ2v) is 6.39. The number of hydrogen-bond acceptors (Lipinski definition) is 2. The van der Waals surface area contributed by atoms with Gasteiger partial charge in [-0.2, -0.15) is 0 Å². The van der Waals surface area contributed by atoms with Crippen LogP contribution in [0.2, 0.25) is 0 Å². The summed E-state index contributed by atoms with van der Waals surface area (Å²) in [6, 6.07) is 4.34. The second-order valence-electron chi connectivity index (χ2n) is 5.36. The third kappa shape index (κ3) is 8.66. The van der Waals surface area contributed by atoms with E-state index in [9.17, 15) is 0 Å². The Bertz CT molecular complexity index is 379. The van der Waals surface area contributed by atoms with Gasteiger partial charge in [-0.1, -0.05) is 26.3 Å². The first-order valence-electron chi connectivity index (χ1n) is 7.69. The van der Waals surface area contributed by atoms with Gasteiger partial charge in [0.1, 0.15) is 0 Å². The van der Waals surface area contributed by atoms with Crippen LogP contribution in [0, 0.1) is 5.92 Å². The molecule has 0 aliphatic carbocycles. The van der Waals surface area contributed by atoms with Crippen LogP contribution < -0.4 is 5.32 Å². The number of unbranched alkanes of at least 4 members (excludes halogenated alkanes) is 1. The van der Waals surface area contributed by atoms with Crippen molar-refractivity contribution in [2.45, 2.75) is 40.0 Å². The molecule has 0 amide bonds. The standard InChI is InChI=1S/C16H29N3S.HI/c1-5-7-10-19(4)16(17-6-2)18-13-14(3)12-15-9-8-11-20-15;/h8-9,11,14H,5-7,10,12-13H2,1-4H3,(H,17,18);1H. The molecule has 0 aliphatic rings. The van der Waals surface area contributed by atoms with Gasteiger partial charge in [-0.05, 0) is 37.1 Å². The monoisotopic (exact) mass is 423 g/mol. The van der Waals surface area contributed by atoms with Gasteiger partial charge >= 0.3 is 0 Å². The Morgan fingerprint density at radius 1 is 1.43 bits per heavy atom. The second kappa shape index (κ2) is 12.3. The van der Waals surface area contributed by atoms with E-state index in [4.69, 9.17) is 4.99 Å². The van der Waals surface area contributed by atoms with Gasteiger partial charge in [0, 0.05) is 31.6 Å². The Morgan fingerprint density at radius 2 is 2.19 bits per heavy atom. The number of guanidine groups is 1. The lowest BCUT2D eigenvalue weighted by Crippen LogP contribution is -2.39. The molecule has 1 rings (SSSR count). The van der Waals surface area contributed by atoms with Crippen LogP contribution in [0.15, 0.2) is 22.5 Å². The molecule has 0 bridgehead atoms. The molecule has 0 fully saturated rings. The lowest BCUT2D eigenvalue weighted by molar-refractivity contribution is 0.461. The van der Waals surface area contributed by atoms with Crippen molar-refractivity contribution in [1.82, 2.24) is 10.2 Å². The van der Waals surface area contributed by atoms with E-state index >= 15 is 0 Å². The number of aliphatic imine (C=N–C) groups is 1. The van der Waals surface area contributed by atoms with E-state index in [-0.39, 0.29) is 24.0 Å². The maximum absolute atomic E-state index is 4.78. The average Bonchev–Trinajstić information content (AvgIpc) is 2.93. The lowest BCUT2D eigenvalue weighted by Gasteiger charge is -2.22. The van der Waals surface area contributed by atoms with Crippen LogP contribution in [-0.4, -0.2) is 37.5 Å². The predicted octanol–water partition coefficient (Wildman–Crippen LogP) is 4.24. The molecule has 1 atom stereocenters. The minimum Gasteiger partial charge on any atom is -0.357 e. The van der Waals surface area contributed by atoms with Crippen molar-refractivity contribution in [3.05, 3.63) is 22.4 Å². The predicted molar refractivity (Wildman–Crippen MR) is 106 cm³/mol. The highest BCUT2D eigenvalue weighted by atomic mass is 127. The quantitative estimate of drug-likeness (QED) is 0.385. The Labute approximate surface area is 151 Å². The van der Waals surface area contributed by atoms with Crippen LogP contribution in [0.3, 0.4) is 0 Å². The molecule has 0 radical (unpaired) electrons. The summed E-state index contributed by atoms with van der Waals surface area (Å²) in [6.45, 7) is 9.50. The summed E-state index contributed by atoms with van der Waals surface area (Å²) in [5, 5.41) is 5.53. The third-order valence-corrected chi connectivity index (χ3v) is 4.12. The number of rotatable bonds is 8. The summed E-state index contributed by atoms with van der Waals surface area (Å²) < 4.78 is 0. The number of nitrogens with one attached hydrogen (secondary N) is 1. The van der Waals surface area contributed by atoms with E-state index < -0.39 is 0 Å². The number of thiophene rings is 1. The highest BCUT2D eigenvalue weighted by Crippen LogP contribution is 2.14. The first-order chi connectivity index (χ1) is 9.67. The van der Waals surface area contributed by atoms with Crippen molar-refractivity contribution >= 4 is 41.3 Å². The zero-order valence-corrected chi connectivity index (χ0v) is 16.9. The van der Waals surface area contributed by atoms with Crippen molar-refractivity contribution in [2.75, 3.05) is 26.7 Å². The molecule has 0 aromatic carbocycles. The summed E-state index contributed by atoms with van der Waals surface area (Å²) >= 11 is 1.84. The van der Waals surface area contributed by atoms with Gasteiger partial charge in [-0.3, -0.25) is 4.99 Å². The fourth-order valence-corrected chi connectivity index (χ4v) is 2.92. The van der Waals surface area contributed by atoms with Crippen LogP contribution in [0.25, 0.3) is 0 Å². The summed E-state index contributed by atoms with van der Waals surface area (Å²) in [5.74, 6) is 1.63. The normalized spacial score (nSPS) is 12.7. The van der Waals surface area contributed by atoms with Gasteiger partial charge in [0.2, 0.25) is 0 Å². The molecule has 1 aromatic heterocycles. The maximum atomic E-state index is 4.78. The lowest BCUT2D eigenvalue weighted by atomic mass is 10.1. The molecule has 1 heterocycles. The Hall–Kier alpha value is -0.300. The molecule has 0 saturated carbocycles.